The van der Waals surface area contributed by atoms with Crippen LogP contribution in [0.5, 0.6) is 0 Å². The molecule has 0 aliphatic carbocycles. The van der Waals surface area contributed by atoms with Crippen LogP contribution in [0.3, 0.4) is 0 Å². The van der Waals surface area contributed by atoms with Gasteiger partial charge in [0.1, 0.15) is 0 Å². The molecular weight excluding hydrogens is 140 g/mol. The summed E-state index contributed by atoms with van der Waals surface area (Å²) in [7, 11) is -0.224. The van der Waals surface area contributed by atoms with E-state index in [0.29, 0.717) is 9.52 Å². The van der Waals surface area contributed by atoms with Crippen molar-refractivity contribution in [1.82, 2.24) is 0 Å². The van der Waals surface area contributed by atoms with Gasteiger partial charge < -0.3 is 0 Å². The summed E-state index contributed by atoms with van der Waals surface area (Å²) in [6.07, 6.45) is 0. The van der Waals surface area contributed by atoms with Crippen LogP contribution in [0.15, 0.2) is 0 Å². The summed E-state index contributed by atoms with van der Waals surface area (Å²) in [5, 5.41) is 0. The molecule has 0 saturated heterocycles. The Morgan fingerprint density at radius 3 is 1.44 bits per heavy atom. The molecule has 0 spiro atoms. The summed E-state index contributed by atoms with van der Waals surface area (Å²) < 4.78 is 0. The standard InChI is InChI=1S/C5H16Si2.2CH4/c1-6-5-7(2,3)4;;/h5-6H2,1-4H3;2*1H4. The van der Waals surface area contributed by atoms with E-state index >= 15 is 0 Å². The maximum absolute atomic E-state index is 2.45. The van der Waals surface area contributed by atoms with Crippen LogP contribution in [0.25, 0.3) is 0 Å². The van der Waals surface area contributed by atoms with E-state index in [1.165, 1.54) is 0 Å². The minimum Gasteiger partial charge on any atom is -0.0776 e. The van der Waals surface area contributed by atoms with E-state index in [2.05, 4.69) is 26.2 Å². The molecule has 0 amide bonds. The zero-order chi connectivity index (χ0) is 5.91. The van der Waals surface area contributed by atoms with Gasteiger partial charge in [0.15, 0.2) is 0 Å². The molecular formula is C7H24Si2. The Bertz CT molecular complexity index is 45.4. The van der Waals surface area contributed by atoms with Crippen molar-refractivity contribution < 1.29 is 0 Å². The van der Waals surface area contributed by atoms with Crippen LogP contribution in [-0.4, -0.2) is 17.6 Å². The first-order valence-electron chi connectivity index (χ1n) is 3.06. The molecule has 0 unspecified atom stereocenters. The third-order valence-corrected chi connectivity index (χ3v) is 9.00. The molecule has 0 fully saturated rings. The zero-order valence-electron chi connectivity index (χ0n) is 5.91. The lowest BCUT2D eigenvalue weighted by Crippen LogP contribution is -2.20. The van der Waals surface area contributed by atoms with Gasteiger partial charge in [0.25, 0.3) is 0 Å². The second-order valence-electron chi connectivity index (χ2n) is 3.31. The van der Waals surface area contributed by atoms with E-state index in [0.717, 1.165) is 0 Å². The van der Waals surface area contributed by atoms with Crippen LogP contribution in [-0.2, 0) is 0 Å². The molecule has 0 N–H and O–H groups in total. The van der Waals surface area contributed by atoms with Gasteiger partial charge in [0, 0.05) is 17.6 Å². The zero-order valence-corrected chi connectivity index (χ0v) is 8.33. The van der Waals surface area contributed by atoms with Crippen molar-refractivity contribution >= 4 is 17.6 Å². The second kappa shape index (κ2) is 6.55. The summed E-state index contributed by atoms with van der Waals surface area (Å²) in [6.45, 7) is 9.74. The monoisotopic (exact) mass is 164 g/mol. The Morgan fingerprint density at radius 1 is 1.11 bits per heavy atom. The van der Waals surface area contributed by atoms with Crippen molar-refractivity contribution in [2.24, 2.45) is 0 Å². The Morgan fingerprint density at radius 2 is 1.44 bits per heavy atom. The molecule has 0 heterocycles. The van der Waals surface area contributed by atoms with Gasteiger partial charge in [-0.2, -0.15) is 0 Å². The first kappa shape index (κ1) is 16.2. The SMILES string of the molecule is C.C.C[SiH2]C[Si](C)(C)C. The van der Waals surface area contributed by atoms with Crippen LogP contribution in [0.4, 0.5) is 0 Å². The lowest BCUT2D eigenvalue weighted by molar-refractivity contribution is 1.63. The number of rotatable bonds is 2. The normalized spacial score (nSPS) is 10.7. The fourth-order valence-electron chi connectivity index (χ4n) is 0.750. The molecule has 0 saturated carbocycles. The van der Waals surface area contributed by atoms with Gasteiger partial charge >= 0.3 is 0 Å². The molecule has 9 heavy (non-hydrogen) atoms. The van der Waals surface area contributed by atoms with Crippen LogP contribution in [0.1, 0.15) is 14.9 Å². The first-order chi connectivity index (χ1) is 3.06. The molecule has 0 aromatic heterocycles. The summed E-state index contributed by atoms with van der Waals surface area (Å²) in [6, 6.07) is 0. The average molecular weight is 164 g/mol. The molecule has 0 radical (unpaired) electrons. The van der Waals surface area contributed by atoms with Crippen LogP contribution >= 0.6 is 0 Å². The Balaban J connectivity index is -0.000000180. The molecule has 0 nitrogen and oxygen atoms in total. The predicted molar refractivity (Wildman–Crippen MR) is 56.0 cm³/mol. The van der Waals surface area contributed by atoms with Crippen molar-refractivity contribution in [3.8, 4) is 0 Å². The molecule has 0 aliphatic heterocycles. The van der Waals surface area contributed by atoms with Gasteiger partial charge in [-0.3, -0.25) is 0 Å². The molecule has 60 valence electrons. The van der Waals surface area contributed by atoms with Crippen LogP contribution in [0.2, 0.25) is 31.9 Å². The first-order valence-corrected chi connectivity index (χ1v) is 9.18. The molecule has 0 aromatic rings. The Labute approximate surface area is 64.9 Å². The maximum atomic E-state index is 2.45. The second-order valence-corrected chi connectivity index (χ2v) is 11.4. The molecule has 0 bridgehead atoms. The minimum atomic E-state index is -0.595. The highest BCUT2D eigenvalue weighted by Gasteiger charge is 2.09. The van der Waals surface area contributed by atoms with Crippen LogP contribution < -0.4 is 0 Å². The fourth-order valence-corrected chi connectivity index (χ4v) is 6.75. The van der Waals surface area contributed by atoms with Crippen molar-refractivity contribution in [2.45, 2.75) is 46.7 Å². The molecule has 0 atom stereocenters. The highest BCUT2D eigenvalue weighted by atomic mass is 28.4. The minimum absolute atomic E-state index is 0. The summed E-state index contributed by atoms with van der Waals surface area (Å²) in [5.74, 6) is 0. The van der Waals surface area contributed by atoms with Crippen molar-refractivity contribution in [1.29, 1.82) is 0 Å². The fraction of sp³-hybridized carbons (Fsp3) is 1.00. The molecule has 0 aromatic carbocycles. The Kier molecular flexibility index (Phi) is 11.8. The van der Waals surface area contributed by atoms with E-state index in [4.69, 9.17) is 0 Å². The quantitative estimate of drug-likeness (QED) is 0.551. The lowest BCUT2D eigenvalue weighted by Gasteiger charge is -2.12. The van der Waals surface area contributed by atoms with E-state index < -0.39 is 8.07 Å². The van der Waals surface area contributed by atoms with Gasteiger partial charge in [0.05, 0.1) is 0 Å². The van der Waals surface area contributed by atoms with Crippen molar-refractivity contribution in [2.75, 3.05) is 0 Å². The topological polar surface area (TPSA) is 0 Å². The van der Waals surface area contributed by atoms with E-state index in [9.17, 15) is 0 Å². The van der Waals surface area contributed by atoms with E-state index in [1.54, 1.807) is 5.67 Å². The highest BCUT2D eigenvalue weighted by molar-refractivity contribution is 6.82. The summed E-state index contributed by atoms with van der Waals surface area (Å²) in [5.41, 5.74) is 1.62. The van der Waals surface area contributed by atoms with Gasteiger partial charge in [-0.15, -0.1) is 0 Å². The van der Waals surface area contributed by atoms with Crippen molar-refractivity contribution in [3.63, 3.8) is 0 Å². The van der Waals surface area contributed by atoms with Gasteiger partial charge in [-0.1, -0.05) is 46.7 Å². The predicted octanol–water partition coefficient (Wildman–Crippen LogP) is 2.77. The van der Waals surface area contributed by atoms with Gasteiger partial charge in [-0.25, -0.2) is 0 Å². The summed E-state index contributed by atoms with van der Waals surface area (Å²) in [4.78, 5) is 0. The molecule has 0 aliphatic rings. The number of hydrogen-bond donors (Lipinski definition) is 0. The van der Waals surface area contributed by atoms with E-state index in [-0.39, 0.29) is 14.9 Å². The third-order valence-electron chi connectivity index (χ3n) is 1.000. The largest absolute Gasteiger partial charge is 0.0776 e. The average Bonchev–Trinajstić information content (AvgIpc) is 1.30. The molecule has 0 rings (SSSR count). The number of hydrogen-bond acceptors (Lipinski definition) is 0. The molecule has 2 heteroatoms. The lowest BCUT2D eigenvalue weighted by atomic mass is 11.7. The van der Waals surface area contributed by atoms with Crippen LogP contribution in [0, 0.1) is 0 Å². The highest BCUT2D eigenvalue weighted by Crippen LogP contribution is 2.04. The summed E-state index contributed by atoms with van der Waals surface area (Å²) >= 11 is 0. The maximum Gasteiger partial charge on any atom is 0.0411 e. The Hall–Kier alpha value is 0.434. The van der Waals surface area contributed by atoms with Gasteiger partial charge in [-0.05, 0) is 0 Å². The smallest absolute Gasteiger partial charge is 0.0411 e. The third kappa shape index (κ3) is 17.8. The van der Waals surface area contributed by atoms with Crippen molar-refractivity contribution in [3.05, 3.63) is 0 Å². The van der Waals surface area contributed by atoms with Gasteiger partial charge in [0.2, 0.25) is 0 Å². The van der Waals surface area contributed by atoms with E-state index in [1.807, 2.05) is 0 Å².